The summed E-state index contributed by atoms with van der Waals surface area (Å²) in [6, 6.07) is 0. The van der Waals surface area contributed by atoms with Crippen molar-refractivity contribution in [3.8, 4) is 0 Å². The highest BCUT2D eigenvalue weighted by molar-refractivity contribution is 7.82. The molecule has 0 aromatic rings. The van der Waals surface area contributed by atoms with Crippen LogP contribution in [0.5, 0.6) is 0 Å². The van der Waals surface area contributed by atoms with E-state index < -0.39 is 5.97 Å². The Bertz CT molecular complexity index is 273. The maximum Gasteiger partial charge on any atom is 0.329 e. The van der Waals surface area contributed by atoms with E-state index in [2.05, 4.69) is 0 Å². The molecule has 0 radical (unpaired) electrons. The minimum Gasteiger partial charge on any atom is -0.335 e. The number of hydrogen-bond donors (Lipinski definition) is 0. The fourth-order valence-electron chi connectivity index (χ4n) is 0.759. The fraction of sp³-hybridized carbons (Fsp3) is 0.286. The van der Waals surface area contributed by atoms with Gasteiger partial charge in [-0.3, -0.25) is 0 Å². The Balaban J connectivity index is 2.73. The van der Waals surface area contributed by atoms with Gasteiger partial charge in [0.05, 0.1) is 0 Å². The molecule has 0 amide bonds. The SMILES string of the molecule is CC(=O)ON1C(=S)C=CCC1=S. The summed E-state index contributed by atoms with van der Waals surface area (Å²) in [6.07, 6.45) is 4.11. The van der Waals surface area contributed by atoms with Crippen molar-refractivity contribution in [2.75, 3.05) is 0 Å². The van der Waals surface area contributed by atoms with Crippen molar-refractivity contribution in [1.82, 2.24) is 5.06 Å². The zero-order chi connectivity index (χ0) is 9.14. The van der Waals surface area contributed by atoms with Gasteiger partial charge in [0.2, 0.25) is 0 Å². The molecule has 0 saturated carbocycles. The Morgan fingerprint density at radius 1 is 1.67 bits per heavy atom. The molecule has 12 heavy (non-hydrogen) atoms. The van der Waals surface area contributed by atoms with Crippen LogP contribution in [0.4, 0.5) is 0 Å². The number of thiocarbonyl (C=S) groups is 2. The number of carbonyl (C=O) groups excluding carboxylic acids is 1. The molecule has 0 atom stereocenters. The van der Waals surface area contributed by atoms with E-state index >= 15 is 0 Å². The second-order valence-corrected chi connectivity index (χ2v) is 3.11. The highest BCUT2D eigenvalue weighted by Crippen LogP contribution is 2.09. The van der Waals surface area contributed by atoms with Crippen LogP contribution in [-0.2, 0) is 9.63 Å². The first kappa shape index (κ1) is 9.28. The number of rotatable bonds is 1. The van der Waals surface area contributed by atoms with Crippen LogP contribution in [0, 0.1) is 0 Å². The first-order valence-corrected chi connectivity index (χ1v) is 4.15. The van der Waals surface area contributed by atoms with Crippen molar-refractivity contribution in [2.45, 2.75) is 13.3 Å². The van der Waals surface area contributed by atoms with Gasteiger partial charge in [-0.25, -0.2) is 4.79 Å². The summed E-state index contributed by atoms with van der Waals surface area (Å²) < 4.78 is 0. The van der Waals surface area contributed by atoms with Gasteiger partial charge in [0.25, 0.3) is 0 Å². The molecule has 64 valence electrons. The number of carbonyl (C=O) groups is 1. The van der Waals surface area contributed by atoms with Crippen molar-refractivity contribution in [2.24, 2.45) is 0 Å². The lowest BCUT2D eigenvalue weighted by atomic mass is 10.3. The van der Waals surface area contributed by atoms with E-state index in [0.29, 0.717) is 16.4 Å². The smallest absolute Gasteiger partial charge is 0.329 e. The van der Waals surface area contributed by atoms with Crippen LogP contribution in [0.1, 0.15) is 13.3 Å². The first-order chi connectivity index (χ1) is 5.61. The summed E-state index contributed by atoms with van der Waals surface area (Å²) in [6.45, 7) is 1.31. The molecule has 0 spiro atoms. The lowest BCUT2D eigenvalue weighted by Gasteiger charge is -2.23. The van der Waals surface area contributed by atoms with Gasteiger partial charge in [0.15, 0.2) is 0 Å². The molecule has 0 aromatic carbocycles. The molecule has 0 unspecified atom stereocenters. The molecular formula is C7H7NO2S2. The van der Waals surface area contributed by atoms with Crippen molar-refractivity contribution in [1.29, 1.82) is 0 Å². The Morgan fingerprint density at radius 3 is 2.83 bits per heavy atom. The second kappa shape index (κ2) is 3.73. The first-order valence-electron chi connectivity index (χ1n) is 3.33. The molecule has 5 heteroatoms. The molecule has 3 nitrogen and oxygen atoms in total. The predicted octanol–water partition coefficient (Wildman–Crippen LogP) is 1.38. The summed E-state index contributed by atoms with van der Waals surface area (Å²) >= 11 is 9.83. The summed E-state index contributed by atoms with van der Waals surface area (Å²) in [5, 5.41) is 1.20. The standard InChI is InChI=1S/C7H7NO2S2/c1-5(9)10-8-6(11)3-2-4-7(8)12/h2-3H,4H2,1H3. The van der Waals surface area contributed by atoms with Gasteiger partial charge in [-0.2, -0.15) is 5.06 Å². The summed E-state index contributed by atoms with van der Waals surface area (Å²) in [4.78, 5) is 16.3. The topological polar surface area (TPSA) is 29.5 Å². The summed E-state index contributed by atoms with van der Waals surface area (Å²) in [7, 11) is 0. The Morgan fingerprint density at radius 2 is 2.33 bits per heavy atom. The zero-order valence-electron chi connectivity index (χ0n) is 6.44. The van der Waals surface area contributed by atoms with Gasteiger partial charge >= 0.3 is 5.97 Å². The Hall–Kier alpha value is -0.810. The van der Waals surface area contributed by atoms with Crippen LogP contribution in [0.3, 0.4) is 0 Å². The molecule has 0 fully saturated rings. The van der Waals surface area contributed by atoms with Crippen molar-refractivity contribution < 1.29 is 9.63 Å². The highest BCUT2D eigenvalue weighted by Gasteiger charge is 2.18. The van der Waals surface area contributed by atoms with Gasteiger partial charge in [0.1, 0.15) is 9.98 Å². The summed E-state index contributed by atoms with van der Waals surface area (Å²) in [5.41, 5.74) is 0. The lowest BCUT2D eigenvalue weighted by Crippen LogP contribution is -2.36. The average Bonchev–Trinajstić information content (AvgIpc) is 1.97. The van der Waals surface area contributed by atoms with Crippen LogP contribution < -0.4 is 0 Å². The molecule has 0 aromatic heterocycles. The van der Waals surface area contributed by atoms with Crippen LogP contribution in [0.2, 0.25) is 0 Å². The van der Waals surface area contributed by atoms with E-state index in [4.69, 9.17) is 29.3 Å². The van der Waals surface area contributed by atoms with Gasteiger partial charge in [-0.05, 0) is 6.08 Å². The fourth-order valence-corrected chi connectivity index (χ4v) is 1.29. The van der Waals surface area contributed by atoms with E-state index in [9.17, 15) is 4.79 Å². The number of hydrogen-bond acceptors (Lipinski definition) is 4. The third-order valence-corrected chi connectivity index (χ3v) is 1.83. The van der Waals surface area contributed by atoms with Crippen LogP contribution >= 0.6 is 24.4 Å². The maximum absolute atomic E-state index is 10.6. The quantitative estimate of drug-likeness (QED) is 0.598. The minimum atomic E-state index is -0.421. The molecule has 1 heterocycles. The van der Waals surface area contributed by atoms with Crippen LogP contribution in [0.25, 0.3) is 0 Å². The monoisotopic (exact) mass is 201 g/mol. The Kier molecular flexibility index (Phi) is 2.88. The minimum absolute atomic E-state index is 0.418. The van der Waals surface area contributed by atoms with E-state index in [1.165, 1.54) is 12.0 Å². The van der Waals surface area contributed by atoms with Gasteiger partial charge in [-0.15, -0.1) is 0 Å². The maximum atomic E-state index is 10.6. The van der Waals surface area contributed by atoms with Crippen LogP contribution in [0.15, 0.2) is 12.2 Å². The lowest BCUT2D eigenvalue weighted by molar-refractivity contribution is -0.158. The van der Waals surface area contributed by atoms with Crippen molar-refractivity contribution in [3.05, 3.63) is 12.2 Å². The predicted molar refractivity (Wildman–Crippen MR) is 52.6 cm³/mol. The molecule has 1 aliphatic heterocycles. The molecule has 1 rings (SSSR count). The van der Waals surface area contributed by atoms with Crippen molar-refractivity contribution in [3.63, 3.8) is 0 Å². The third-order valence-electron chi connectivity index (χ3n) is 1.20. The van der Waals surface area contributed by atoms with E-state index in [1.807, 2.05) is 6.08 Å². The van der Waals surface area contributed by atoms with Gasteiger partial charge in [-0.1, -0.05) is 30.5 Å². The molecule has 0 N–H and O–H groups in total. The van der Waals surface area contributed by atoms with Gasteiger partial charge < -0.3 is 4.84 Å². The van der Waals surface area contributed by atoms with Crippen molar-refractivity contribution >= 4 is 40.4 Å². The van der Waals surface area contributed by atoms with Crippen LogP contribution in [-0.4, -0.2) is 21.0 Å². The Labute approximate surface area is 80.9 Å². The second-order valence-electron chi connectivity index (χ2n) is 2.22. The molecule has 1 aliphatic rings. The third kappa shape index (κ3) is 2.09. The van der Waals surface area contributed by atoms with Gasteiger partial charge in [0, 0.05) is 13.3 Å². The normalized spacial score (nSPS) is 16.6. The van der Waals surface area contributed by atoms with E-state index in [1.54, 1.807) is 6.08 Å². The molecule has 0 saturated heterocycles. The zero-order valence-corrected chi connectivity index (χ0v) is 8.08. The highest BCUT2D eigenvalue weighted by atomic mass is 32.1. The van der Waals surface area contributed by atoms with E-state index in [-0.39, 0.29) is 0 Å². The number of nitrogens with zero attached hydrogens (tertiary/aromatic N) is 1. The molecular weight excluding hydrogens is 194 g/mol. The molecule has 0 aliphatic carbocycles. The molecule has 0 bridgehead atoms. The summed E-state index contributed by atoms with van der Waals surface area (Å²) in [5.74, 6) is -0.421. The number of hydroxylamine groups is 2. The largest absolute Gasteiger partial charge is 0.335 e. The van der Waals surface area contributed by atoms with E-state index in [0.717, 1.165) is 0 Å². The average molecular weight is 201 g/mol.